The predicted octanol–water partition coefficient (Wildman–Crippen LogP) is 5.21. The van der Waals surface area contributed by atoms with E-state index in [0.29, 0.717) is 22.8 Å². The Kier molecular flexibility index (Phi) is 5.82. The molecule has 1 aliphatic heterocycles. The molecule has 172 valence electrons. The SMILES string of the molecule is COc1ccccc1C1C(C#N)=C(N)Oc2cc(OC(=O)Cc3cccc4ccccc34)ccc21. The number of fused-ring (bicyclic) bond motifs is 2. The molecule has 2 N–H and O–H groups in total. The number of nitrogens with two attached hydrogens (primary N) is 1. The van der Waals surface area contributed by atoms with Crippen molar-refractivity contribution >= 4 is 16.7 Å². The molecule has 6 heteroatoms. The second-order valence-corrected chi connectivity index (χ2v) is 8.16. The summed E-state index contributed by atoms with van der Waals surface area (Å²) >= 11 is 0. The van der Waals surface area contributed by atoms with Crippen molar-refractivity contribution in [3.05, 3.63) is 113 Å². The maximum atomic E-state index is 12.8. The maximum absolute atomic E-state index is 12.8. The molecule has 0 saturated heterocycles. The van der Waals surface area contributed by atoms with Crippen LogP contribution in [0.3, 0.4) is 0 Å². The zero-order valence-electron chi connectivity index (χ0n) is 19.0. The number of hydrogen-bond acceptors (Lipinski definition) is 6. The van der Waals surface area contributed by atoms with Crippen LogP contribution in [0.15, 0.2) is 96.4 Å². The number of carbonyl (C=O) groups is 1. The summed E-state index contributed by atoms with van der Waals surface area (Å²) in [4.78, 5) is 12.8. The largest absolute Gasteiger partial charge is 0.496 e. The molecule has 0 amide bonds. The van der Waals surface area contributed by atoms with Crippen LogP contribution in [0.25, 0.3) is 10.8 Å². The number of allylic oxidation sites excluding steroid dienone is 1. The lowest BCUT2D eigenvalue weighted by atomic mass is 9.83. The van der Waals surface area contributed by atoms with Gasteiger partial charge < -0.3 is 19.9 Å². The van der Waals surface area contributed by atoms with Crippen molar-refractivity contribution in [2.24, 2.45) is 5.73 Å². The highest BCUT2D eigenvalue weighted by Crippen LogP contribution is 2.45. The highest BCUT2D eigenvalue weighted by molar-refractivity contribution is 5.89. The van der Waals surface area contributed by atoms with Crippen molar-refractivity contribution in [3.8, 4) is 23.3 Å². The number of carbonyl (C=O) groups excluding carboxylic acids is 1. The van der Waals surface area contributed by atoms with Gasteiger partial charge in [-0.05, 0) is 28.5 Å². The number of esters is 1. The fourth-order valence-corrected chi connectivity index (χ4v) is 4.49. The summed E-state index contributed by atoms with van der Waals surface area (Å²) in [6.45, 7) is 0. The first-order valence-corrected chi connectivity index (χ1v) is 11.1. The first kappa shape index (κ1) is 22.1. The van der Waals surface area contributed by atoms with E-state index in [-0.39, 0.29) is 18.3 Å². The van der Waals surface area contributed by atoms with Gasteiger partial charge in [0.2, 0.25) is 5.88 Å². The standard InChI is InChI=1S/C29H22N2O4/c1-33-25-12-5-4-11-22(25)28-23-14-13-20(16-26(23)35-29(31)24(28)17-30)34-27(32)15-19-9-6-8-18-7-2-3-10-21(18)19/h2-14,16,28H,15,31H2,1H3. The van der Waals surface area contributed by atoms with Crippen LogP contribution in [0.2, 0.25) is 0 Å². The molecule has 0 aliphatic carbocycles. The van der Waals surface area contributed by atoms with Crippen molar-refractivity contribution in [1.29, 1.82) is 5.26 Å². The fourth-order valence-electron chi connectivity index (χ4n) is 4.49. The Morgan fingerprint density at radius 1 is 1.00 bits per heavy atom. The Labute approximate surface area is 202 Å². The number of ether oxygens (including phenoxy) is 3. The average Bonchev–Trinajstić information content (AvgIpc) is 2.88. The number of methoxy groups -OCH3 is 1. The zero-order valence-corrected chi connectivity index (χ0v) is 19.0. The van der Waals surface area contributed by atoms with Gasteiger partial charge in [0.25, 0.3) is 0 Å². The van der Waals surface area contributed by atoms with Crippen LogP contribution in [0.4, 0.5) is 0 Å². The van der Waals surface area contributed by atoms with Crippen LogP contribution in [-0.2, 0) is 11.2 Å². The minimum atomic E-state index is -0.472. The molecular formula is C29H22N2O4. The van der Waals surface area contributed by atoms with E-state index in [2.05, 4.69) is 6.07 Å². The molecular weight excluding hydrogens is 440 g/mol. The second kappa shape index (κ2) is 9.24. The monoisotopic (exact) mass is 462 g/mol. The summed E-state index contributed by atoms with van der Waals surface area (Å²) < 4.78 is 16.9. The van der Waals surface area contributed by atoms with E-state index in [0.717, 1.165) is 27.5 Å². The van der Waals surface area contributed by atoms with Crippen molar-refractivity contribution in [2.45, 2.75) is 12.3 Å². The minimum Gasteiger partial charge on any atom is -0.496 e. The number of benzene rings is 4. The van der Waals surface area contributed by atoms with Crippen molar-refractivity contribution in [3.63, 3.8) is 0 Å². The number of rotatable bonds is 5. The maximum Gasteiger partial charge on any atom is 0.315 e. The molecule has 0 radical (unpaired) electrons. The third kappa shape index (κ3) is 4.16. The average molecular weight is 463 g/mol. The van der Waals surface area contributed by atoms with Crippen LogP contribution in [0.5, 0.6) is 17.2 Å². The topological polar surface area (TPSA) is 94.6 Å². The summed E-state index contributed by atoms with van der Waals surface area (Å²) in [6, 6.07) is 28.5. The van der Waals surface area contributed by atoms with Gasteiger partial charge in [-0.2, -0.15) is 5.26 Å². The van der Waals surface area contributed by atoms with E-state index in [1.165, 1.54) is 0 Å². The van der Waals surface area contributed by atoms with Gasteiger partial charge in [0, 0.05) is 17.2 Å². The van der Waals surface area contributed by atoms with Crippen LogP contribution in [-0.4, -0.2) is 13.1 Å². The Morgan fingerprint density at radius 3 is 2.60 bits per heavy atom. The van der Waals surface area contributed by atoms with E-state index < -0.39 is 5.92 Å². The predicted molar refractivity (Wildman–Crippen MR) is 132 cm³/mol. The minimum absolute atomic E-state index is 0.00939. The van der Waals surface area contributed by atoms with Crippen molar-refractivity contribution < 1.29 is 19.0 Å². The molecule has 6 nitrogen and oxygen atoms in total. The normalized spacial score (nSPS) is 14.6. The van der Waals surface area contributed by atoms with E-state index in [1.807, 2.05) is 66.7 Å². The van der Waals surface area contributed by atoms with Gasteiger partial charge in [0.15, 0.2) is 0 Å². The quantitative estimate of drug-likeness (QED) is 0.323. The molecule has 0 bridgehead atoms. The number of nitriles is 1. The van der Waals surface area contributed by atoms with Crippen molar-refractivity contribution in [1.82, 2.24) is 0 Å². The molecule has 1 heterocycles. The van der Waals surface area contributed by atoms with Gasteiger partial charge in [-0.3, -0.25) is 4.79 Å². The van der Waals surface area contributed by atoms with Gasteiger partial charge in [0.05, 0.1) is 19.4 Å². The lowest BCUT2D eigenvalue weighted by Crippen LogP contribution is -2.21. The van der Waals surface area contributed by atoms with E-state index >= 15 is 0 Å². The van der Waals surface area contributed by atoms with Gasteiger partial charge in [0.1, 0.15) is 28.9 Å². The molecule has 1 unspecified atom stereocenters. The molecule has 4 aromatic carbocycles. The molecule has 0 spiro atoms. The third-order valence-corrected chi connectivity index (χ3v) is 6.09. The van der Waals surface area contributed by atoms with Gasteiger partial charge in [-0.25, -0.2) is 0 Å². The number of para-hydroxylation sites is 1. The number of hydrogen-bond donors (Lipinski definition) is 1. The van der Waals surface area contributed by atoms with Gasteiger partial charge in [-0.15, -0.1) is 0 Å². The van der Waals surface area contributed by atoms with Gasteiger partial charge in [-0.1, -0.05) is 66.7 Å². The Morgan fingerprint density at radius 2 is 1.77 bits per heavy atom. The number of nitrogens with zero attached hydrogens (tertiary/aromatic N) is 1. The molecule has 5 rings (SSSR count). The lowest BCUT2D eigenvalue weighted by Gasteiger charge is -2.27. The van der Waals surface area contributed by atoms with E-state index in [1.54, 1.807) is 25.3 Å². The van der Waals surface area contributed by atoms with Crippen molar-refractivity contribution in [2.75, 3.05) is 7.11 Å². The van der Waals surface area contributed by atoms with Gasteiger partial charge >= 0.3 is 5.97 Å². The Bertz CT molecular complexity index is 1510. The molecule has 4 aromatic rings. The molecule has 1 aliphatic rings. The van der Waals surface area contributed by atoms with Crippen LogP contribution >= 0.6 is 0 Å². The van der Waals surface area contributed by atoms with E-state index in [4.69, 9.17) is 19.9 Å². The highest BCUT2D eigenvalue weighted by Gasteiger charge is 2.32. The summed E-state index contributed by atoms with van der Waals surface area (Å²) in [7, 11) is 1.58. The molecule has 0 fully saturated rings. The molecule has 1 atom stereocenters. The van der Waals surface area contributed by atoms with Crippen LogP contribution in [0.1, 0.15) is 22.6 Å². The summed E-state index contributed by atoms with van der Waals surface area (Å²) in [5.74, 6) is 0.542. The van der Waals surface area contributed by atoms with Crippen LogP contribution < -0.4 is 19.9 Å². The first-order chi connectivity index (χ1) is 17.1. The zero-order chi connectivity index (χ0) is 24.4. The summed E-state index contributed by atoms with van der Waals surface area (Å²) in [6.07, 6.45) is 0.129. The highest BCUT2D eigenvalue weighted by atomic mass is 16.5. The summed E-state index contributed by atoms with van der Waals surface area (Å²) in [5, 5.41) is 11.9. The third-order valence-electron chi connectivity index (χ3n) is 6.09. The fraction of sp³-hybridized carbons (Fsp3) is 0.103. The molecule has 35 heavy (non-hydrogen) atoms. The Hall–Kier alpha value is -4.76. The lowest BCUT2D eigenvalue weighted by molar-refractivity contribution is -0.133. The van der Waals surface area contributed by atoms with Crippen LogP contribution in [0, 0.1) is 11.3 Å². The second-order valence-electron chi connectivity index (χ2n) is 8.16. The summed E-state index contributed by atoms with van der Waals surface area (Å²) in [5.41, 5.74) is 8.83. The first-order valence-electron chi connectivity index (χ1n) is 11.1. The van der Waals surface area contributed by atoms with E-state index in [9.17, 15) is 10.1 Å². The smallest absolute Gasteiger partial charge is 0.315 e. The Balaban J connectivity index is 1.44. The molecule has 0 aromatic heterocycles. The molecule has 0 saturated carbocycles.